The van der Waals surface area contributed by atoms with Crippen LogP contribution in [0.5, 0.6) is 0 Å². The van der Waals surface area contributed by atoms with Gasteiger partial charge in [-0.1, -0.05) is 12.8 Å². The molecule has 2 bridgehead atoms. The number of nitriles is 1. The van der Waals surface area contributed by atoms with Gasteiger partial charge in [0.05, 0.1) is 23.6 Å². The molecule has 2 fully saturated rings. The normalized spacial score (nSPS) is 22.0. The highest BCUT2D eigenvalue weighted by molar-refractivity contribution is 6.70. The molecule has 2 unspecified atom stereocenters. The lowest BCUT2D eigenvalue weighted by Gasteiger charge is -2.36. The highest BCUT2D eigenvalue weighted by atomic mass is 19.1. The van der Waals surface area contributed by atoms with Crippen molar-refractivity contribution in [2.24, 2.45) is 0 Å². The first-order valence-electron chi connectivity index (χ1n) is 11.2. The van der Waals surface area contributed by atoms with Crippen LogP contribution in [0.1, 0.15) is 25.7 Å². The van der Waals surface area contributed by atoms with Crippen molar-refractivity contribution in [3.8, 4) is 28.4 Å². The van der Waals surface area contributed by atoms with E-state index in [1.54, 1.807) is 18.6 Å². The van der Waals surface area contributed by atoms with Crippen LogP contribution in [0.2, 0.25) is 11.6 Å². The Morgan fingerprint density at radius 3 is 2.64 bits per heavy atom. The van der Waals surface area contributed by atoms with E-state index < -0.39 is 0 Å². The standard InChI is InChI=1S/C23H22BFN8/c1-33(16-6-14-2-3-15(7-16)24(14)12-26)21-5-4-20(30-31-21)17-8-19(25)22(13-9-27-28-10-13)18-11-29-32-23(17)18/h4-5,8-11,14-16H,2-3,6-7H2,1H3,(H,27,28)(H,29,32). The molecule has 6 rings (SSSR count). The van der Waals surface area contributed by atoms with Crippen molar-refractivity contribution in [2.45, 2.75) is 43.4 Å². The van der Waals surface area contributed by atoms with Crippen molar-refractivity contribution in [1.29, 1.82) is 5.26 Å². The third-order valence-electron chi connectivity index (χ3n) is 7.53. The SMILES string of the molecule is CN(c1ccc(-c2cc(F)c(-c3cn[nH]c3)c3cn[nH]c23)nn1)C1CC2CCC(C1)B2C#N. The fourth-order valence-electron chi connectivity index (χ4n) is 5.83. The summed E-state index contributed by atoms with van der Waals surface area (Å²) in [6, 6.07) is 5.64. The van der Waals surface area contributed by atoms with E-state index in [0.717, 1.165) is 31.5 Å². The van der Waals surface area contributed by atoms with Gasteiger partial charge in [-0.05, 0) is 42.7 Å². The maximum Gasteiger partial charge on any atom is 0.274 e. The van der Waals surface area contributed by atoms with Gasteiger partial charge in [0.2, 0.25) is 0 Å². The molecular weight excluding hydrogens is 418 g/mol. The van der Waals surface area contributed by atoms with E-state index in [0.29, 0.717) is 51.0 Å². The van der Waals surface area contributed by atoms with Crippen molar-refractivity contribution in [2.75, 3.05) is 11.9 Å². The minimum Gasteiger partial charge on any atom is -0.355 e. The molecule has 2 saturated heterocycles. The van der Waals surface area contributed by atoms with E-state index >= 15 is 4.39 Å². The van der Waals surface area contributed by atoms with E-state index in [2.05, 4.69) is 41.5 Å². The van der Waals surface area contributed by atoms with Gasteiger partial charge in [-0.2, -0.15) is 10.2 Å². The highest BCUT2D eigenvalue weighted by Crippen LogP contribution is 2.50. The summed E-state index contributed by atoms with van der Waals surface area (Å²) in [6.07, 6.45) is 9.20. The summed E-state index contributed by atoms with van der Waals surface area (Å²) in [6.45, 7) is 0.208. The Bertz CT molecular complexity index is 1330. The van der Waals surface area contributed by atoms with Crippen LogP contribution in [0.3, 0.4) is 0 Å². The topological polar surface area (TPSA) is 110 Å². The minimum atomic E-state index is -0.368. The van der Waals surface area contributed by atoms with Crippen molar-refractivity contribution in [3.05, 3.63) is 42.6 Å². The van der Waals surface area contributed by atoms with Crippen LogP contribution in [0.25, 0.3) is 33.3 Å². The van der Waals surface area contributed by atoms with Crippen LogP contribution in [0, 0.1) is 17.0 Å². The van der Waals surface area contributed by atoms with E-state index in [4.69, 9.17) is 0 Å². The Morgan fingerprint density at radius 2 is 1.97 bits per heavy atom. The molecule has 0 aliphatic carbocycles. The second-order valence-corrected chi connectivity index (χ2v) is 9.19. The molecule has 2 atom stereocenters. The quantitative estimate of drug-likeness (QED) is 0.460. The predicted molar refractivity (Wildman–Crippen MR) is 124 cm³/mol. The number of hydrogen-bond acceptors (Lipinski definition) is 6. The van der Waals surface area contributed by atoms with E-state index in [-0.39, 0.29) is 12.5 Å². The molecule has 2 aliphatic heterocycles. The van der Waals surface area contributed by atoms with Gasteiger partial charge in [-0.25, -0.2) is 9.65 Å². The molecule has 2 N–H and O–H groups in total. The number of rotatable bonds is 4. The molecule has 0 saturated carbocycles. The summed E-state index contributed by atoms with van der Waals surface area (Å²) in [5.74, 6) is 3.92. The zero-order chi connectivity index (χ0) is 22.5. The molecule has 1 aromatic carbocycles. The Balaban J connectivity index is 1.30. The monoisotopic (exact) mass is 440 g/mol. The molecule has 0 radical (unpaired) electrons. The van der Waals surface area contributed by atoms with E-state index in [1.807, 2.05) is 19.2 Å². The smallest absolute Gasteiger partial charge is 0.274 e. The molecule has 8 nitrogen and oxygen atoms in total. The summed E-state index contributed by atoms with van der Waals surface area (Å²) in [5.41, 5.74) is 3.00. The van der Waals surface area contributed by atoms with Crippen molar-refractivity contribution in [3.63, 3.8) is 0 Å². The number of nitrogens with zero attached hydrogens (tertiary/aromatic N) is 6. The summed E-state index contributed by atoms with van der Waals surface area (Å²) >= 11 is 0. The van der Waals surface area contributed by atoms with Crippen molar-refractivity contribution < 1.29 is 4.39 Å². The largest absolute Gasteiger partial charge is 0.355 e. The molecule has 3 aromatic heterocycles. The number of aromatic amines is 2. The highest BCUT2D eigenvalue weighted by Gasteiger charge is 2.47. The van der Waals surface area contributed by atoms with Crippen LogP contribution >= 0.6 is 0 Å². The van der Waals surface area contributed by atoms with Crippen LogP contribution in [-0.2, 0) is 0 Å². The molecule has 164 valence electrons. The molecular formula is C23H22BFN8. The molecule has 0 spiro atoms. The molecule has 0 amide bonds. The van der Waals surface area contributed by atoms with Gasteiger partial charge in [0.15, 0.2) is 5.82 Å². The number of anilines is 1. The number of fused-ring (bicyclic) bond motifs is 3. The van der Waals surface area contributed by atoms with Gasteiger partial charge in [-0.3, -0.25) is 10.2 Å². The zero-order valence-corrected chi connectivity index (χ0v) is 18.2. The Kier molecular flexibility index (Phi) is 4.64. The van der Waals surface area contributed by atoms with Crippen LogP contribution in [0.4, 0.5) is 10.2 Å². The number of halogens is 1. The molecule has 2 aliphatic rings. The lowest BCUT2D eigenvalue weighted by atomic mass is 9.35. The zero-order valence-electron chi connectivity index (χ0n) is 18.2. The lowest BCUT2D eigenvalue weighted by Crippen LogP contribution is -2.40. The average Bonchev–Trinajstić information content (AvgIpc) is 3.58. The van der Waals surface area contributed by atoms with Gasteiger partial charge >= 0.3 is 0 Å². The van der Waals surface area contributed by atoms with E-state index in [9.17, 15) is 5.26 Å². The van der Waals surface area contributed by atoms with Crippen molar-refractivity contribution >= 4 is 23.4 Å². The minimum absolute atomic E-state index is 0.208. The Morgan fingerprint density at radius 1 is 1.15 bits per heavy atom. The maximum absolute atomic E-state index is 15.1. The number of benzene rings is 1. The first-order chi connectivity index (χ1) is 16.1. The summed E-state index contributed by atoms with van der Waals surface area (Å²) < 4.78 is 15.1. The number of H-pyrrole nitrogens is 2. The second-order valence-electron chi connectivity index (χ2n) is 9.19. The van der Waals surface area contributed by atoms with Gasteiger partial charge in [-0.15, -0.1) is 10.2 Å². The summed E-state index contributed by atoms with van der Waals surface area (Å²) in [5, 5.41) is 32.8. The van der Waals surface area contributed by atoms with Crippen LogP contribution in [-0.4, -0.2) is 50.4 Å². The van der Waals surface area contributed by atoms with Gasteiger partial charge in [0, 0.05) is 47.3 Å². The second kappa shape index (κ2) is 7.69. The number of aromatic nitrogens is 6. The molecule has 5 heterocycles. The van der Waals surface area contributed by atoms with Gasteiger partial charge < -0.3 is 4.90 Å². The molecule has 10 heteroatoms. The van der Waals surface area contributed by atoms with Crippen LogP contribution < -0.4 is 4.90 Å². The van der Waals surface area contributed by atoms with Crippen LogP contribution in [0.15, 0.2) is 36.8 Å². The van der Waals surface area contributed by atoms with Crippen molar-refractivity contribution in [1.82, 2.24) is 30.6 Å². The maximum atomic E-state index is 15.1. The molecule has 33 heavy (non-hydrogen) atoms. The lowest BCUT2D eigenvalue weighted by molar-refractivity contribution is 0.515. The average molecular weight is 440 g/mol. The first kappa shape index (κ1) is 19.9. The fourth-order valence-corrected chi connectivity index (χ4v) is 5.83. The van der Waals surface area contributed by atoms with E-state index in [1.165, 1.54) is 6.07 Å². The summed E-state index contributed by atoms with van der Waals surface area (Å²) in [7, 11) is 2.05. The Labute approximate surface area is 190 Å². The molecule has 4 aromatic rings. The predicted octanol–water partition coefficient (Wildman–Crippen LogP) is 4.24. The fraction of sp³-hybridized carbons (Fsp3) is 0.348. The van der Waals surface area contributed by atoms with Gasteiger partial charge in [0.1, 0.15) is 5.82 Å². The third-order valence-corrected chi connectivity index (χ3v) is 7.53. The Hall–Kier alpha value is -3.74. The number of hydrogen-bond donors (Lipinski definition) is 2. The number of nitrogens with one attached hydrogen (secondary N) is 2. The third kappa shape index (κ3) is 3.18. The summed E-state index contributed by atoms with van der Waals surface area (Å²) in [4.78, 5) is 2.18. The van der Waals surface area contributed by atoms with Gasteiger partial charge in [0.25, 0.3) is 6.71 Å². The first-order valence-corrected chi connectivity index (χ1v) is 11.2.